The number of hydrogen-bond acceptors (Lipinski definition) is 11. The second-order valence-electron chi connectivity index (χ2n) is 12.3. The van der Waals surface area contributed by atoms with Gasteiger partial charge in [0.05, 0.1) is 27.6 Å². The standard InChI is InChI=1S/C27H30FN9O2S2/c28-15-6-26(2-1-5-37(26)8-15)13-39-24-33-21(19-22(34-24)36(14-32-19)10-25(3-4-25)23(31)38)35-11-27(12-35)18-16(7-29)20(30)41-17(18)9-40-27/h14-15H,1-6,8-13,30H2,(H2,31,38)/t15-,26+/m1/s1. The lowest BCUT2D eigenvalue weighted by Gasteiger charge is -2.48. The summed E-state index contributed by atoms with van der Waals surface area (Å²) in [5.41, 5.74) is 13.9. The largest absolute Gasteiger partial charge is 0.461 e. The van der Waals surface area contributed by atoms with Crippen LogP contribution in [0.5, 0.6) is 6.01 Å². The predicted octanol–water partition coefficient (Wildman–Crippen LogP) is 2.52. The lowest BCUT2D eigenvalue weighted by molar-refractivity contribution is -0.123. The van der Waals surface area contributed by atoms with Crippen LogP contribution in [0.1, 0.15) is 48.1 Å². The number of hydrogen-bond donors (Lipinski definition) is 2. The summed E-state index contributed by atoms with van der Waals surface area (Å²) in [5, 5.41) is 10.4. The quantitative estimate of drug-likeness (QED) is 0.417. The number of nitrogens with two attached hydrogens (primary N) is 2. The Morgan fingerprint density at radius 1 is 1.29 bits per heavy atom. The zero-order valence-electron chi connectivity index (χ0n) is 22.4. The van der Waals surface area contributed by atoms with E-state index < -0.39 is 11.6 Å². The Balaban J connectivity index is 1.14. The minimum atomic E-state index is -0.849. The number of imidazole rings is 1. The molecule has 8 rings (SSSR count). The van der Waals surface area contributed by atoms with Gasteiger partial charge >= 0.3 is 6.01 Å². The Morgan fingerprint density at radius 2 is 2.12 bits per heavy atom. The summed E-state index contributed by atoms with van der Waals surface area (Å²) in [6.07, 6.45) is 4.70. The van der Waals surface area contributed by atoms with Crippen LogP contribution in [0, 0.1) is 16.7 Å². The Hall–Kier alpha value is -3.15. The van der Waals surface area contributed by atoms with Crippen molar-refractivity contribution < 1.29 is 13.9 Å². The first-order valence-corrected chi connectivity index (χ1v) is 15.8. The molecular weight excluding hydrogens is 565 g/mol. The van der Waals surface area contributed by atoms with Crippen LogP contribution < -0.4 is 21.1 Å². The zero-order chi connectivity index (χ0) is 28.1. The lowest BCUT2D eigenvalue weighted by Crippen LogP contribution is -2.57. The highest BCUT2D eigenvalue weighted by Crippen LogP contribution is 2.58. The van der Waals surface area contributed by atoms with Gasteiger partial charge in [-0.25, -0.2) is 9.37 Å². The molecule has 3 saturated heterocycles. The van der Waals surface area contributed by atoms with Gasteiger partial charge in [-0.15, -0.1) is 23.1 Å². The van der Waals surface area contributed by atoms with Gasteiger partial charge in [-0.05, 0) is 32.2 Å². The molecule has 7 heterocycles. The predicted molar refractivity (Wildman–Crippen MR) is 153 cm³/mol. The van der Waals surface area contributed by atoms with Crippen molar-refractivity contribution >= 4 is 51.0 Å². The number of nitrogens with zero attached hydrogens (tertiary/aromatic N) is 7. The average molecular weight is 596 g/mol. The number of anilines is 2. The highest BCUT2D eigenvalue weighted by atomic mass is 32.2. The monoisotopic (exact) mass is 595 g/mol. The van der Waals surface area contributed by atoms with Crippen molar-refractivity contribution in [2.45, 2.75) is 60.9 Å². The number of rotatable bonds is 7. The van der Waals surface area contributed by atoms with Crippen molar-refractivity contribution in [3.63, 3.8) is 0 Å². The number of aromatic nitrogens is 4. The number of thioether (sulfide) groups is 1. The van der Waals surface area contributed by atoms with Crippen LogP contribution in [-0.4, -0.2) is 74.8 Å². The second-order valence-corrected chi connectivity index (χ2v) is 14.8. The van der Waals surface area contributed by atoms with Crippen LogP contribution in [0.25, 0.3) is 11.2 Å². The number of fused-ring (bicyclic) bond motifs is 4. The van der Waals surface area contributed by atoms with Gasteiger partial charge in [0, 0.05) is 48.8 Å². The van der Waals surface area contributed by atoms with Gasteiger partial charge in [-0.3, -0.25) is 9.69 Å². The summed E-state index contributed by atoms with van der Waals surface area (Å²) in [7, 11) is 0. The fourth-order valence-corrected chi connectivity index (χ4v) is 10.2. The maximum Gasteiger partial charge on any atom is 0.320 e. The van der Waals surface area contributed by atoms with E-state index >= 15 is 0 Å². The van der Waals surface area contributed by atoms with Gasteiger partial charge in [0.15, 0.2) is 17.0 Å². The van der Waals surface area contributed by atoms with E-state index in [2.05, 4.69) is 20.9 Å². The van der Waals surface area contributed by atoms with Gasteiger partial charge in [-0.2, -0.15) is 15.2 Å². The highest BCUT2D eigenvalue weighted by molar-refractivity contribution is 8.00. The summed E-state index contributed by atoms with van der Waals surface area (Å²) in [5.74, 6) is 1.19. The van der Waals surface area contributed by atoms with Crippen molar-refractivity contribution in [2.24, 2.45) is 11.1 Å². The highest BCUT2D eigenvalue weighted by Gasteiger charge is 2.54. The van der Waals surface area contributed by atoms with Gasteiger partial charge in [0.2, 0.25) is 5.91 Å². The number of alkyl halides is 1. The lowest BCUT2D eigenvalue weighted by atomic mass is 9.88. The Labute approximate surface area is 244 Å². The maximum atomic E-state index is 14.4. The SMILES string of the molecule is N#Cc1c(N)sc2c1C1(CN(c3nc(OC[C@@]45CCCN4C[C@H](F)C5)nc4c3ncn4CC3(C(N)=O)CC3)C1)SC2. The summed E-state index contributed by atoms with van der Waals surface area (Å²) in [6.45, 7) is 3.36. The summed E-state index contributed by atoms with van der Waals surface area (Å²) < 4.78 is 22.3. The molecule has 1 saturated carbocycles. The van der Waals surface area contributed by atoms with E-state index in [4.69, 9.17) is 26.2 Å². The van der Waals surface area contributed by atoms with Crippen LogP contribution in [0.4, 0.5) is 15.2 Å². The molecular formula is C27H30FN9O2S2. The molecule has 14 heteroatoms. The summed E-state index contributed by atoms with van der Waals surface area (Å²) in [4.78, 5) is 32.0. The van der Waals surface area contributed by atoms with E-state index in [1.807, 2.05) is 16.3 Å². The van der Waals surface area contributed by atoms with Crippen LogP contribution in [0.3, 0.4) is 0 Å². The number of nitrogen functional groups attached to an aromatic ring is 1. The molecule has 4 aliphatic heterocycles. The molecule has 0 aromatic carbocycles. The number of amides is 1. The van der Waals surface area contributed by atoms with E-state index in [-0.39, 0.29) is 22.2 Å². The summed E-state index contributed by atoms with van der Waals surface area (Å²) >= 11 is 3.35. The maximum absolute atomic E-state index is 14.4. The third-order valence-corrected chi connectivity index (χ3v) is 12.4. The van der Waals surface area contributed by atoms with Gasteiger partial charge in [0.25, 0.3) is 0 Å². The topological polar surface area (TPSA) is 152 Å². The average Bonchev–Trinajstić information content (AvgIpc) is 3.24. The third kappa shape index (κ3) is 3.71. The van der Waals surface area contributed by atoms with Gasteiger partial charge in [-0.1, -0.05) is 0 Å². The molecule has 0 bridgehead atoms. The molecule has 11 nitrogen and oxygen atoms in total. The van der Waals surface area contributed by atoms with Crippen LogP contribution in [-0.2, 0) is 21.8 Å². The first-order chi connectivity index (χ1) is 19.7. The third-order valence-electron chi connectivity index (χ3n) is 9.75. The van der Waals surface area contributed by atoms with E-state index in [9.17, 15) is 14.4 Å². The molecule has 4 fully saturated rings. The summed E-state index contributed by atoms with van der Waals surface area (Å²) in [6, 6.07) is 2.54. The minimum absolute atomic E-state index is 0.220. The van der Waals surface area contributed by atoms with Crippen molar-refractivity contribution in [3.8, 4) is 12.1 Å². The number of primary amides is 1. The van der Waals surface area contributed by atoms with Crippen molar-refractivity contribution in [3.05, 3.63) is 22.3 Å². The molecule has 5 aliphatic rings. The Kier molecular flexibility index (Phi) is 5.41. The second kappa shape index (κ2) is 8.68. The molecule has 1 amide bonds. The molecule has 2 atom stereocenters. The first kappa shape index (κ1) is 25.6. The van der Waals surface area contributed by atoms with Crippen LogP contribution >= 0.6 is 23.1 Å². The molecule has 214 valence electrons. The number of carbonyl (C=O) groups excluding carboxylic acids is 1. The van der Waals surface area contributed by atoms with Crippen LogP contribution in [0.2, 0.25) is 0 Å². The number of ether oxygens (including phenoxy) is 1. The van der Waals surface area contributed by atoms with Crippen LogP contribution in [0.15, 0.2) is 6.33 Å². The minimum Gasteiger partial charge on any atom is -0.461 e. The smallest absolute Gasteiger partial charge is 0.320 e. The van der Waals surface area contributed by atoms with Gasteiger partial charge in [0.1, 0.15) is 23.8 Å². The number of thiophene rings is 1. The molecule has 1 aliphatic carbocycles. The van der Waals surface area contributed by atoms with E-state index in [1.165, 1.54) is 16.2 Å². The van der Waals surface area contributed by atoms with Crippen molar-refractivity contribution in [1.82, 2.24) is 24.4 Å². The molecule has 3 aromatic heterocycles. The van der Waals surface area contributed by atoms with Gasteiger partial charge < -0.3 is 25.7 Å². The molecule has 3 aromatic rings. The fraction of sp³-hybridized carbons (Fsp3) is 0.593. The van der Waals surface area contributed by atoms with E-state index in [0.717, 1.165) is 43.5 Å². The first-order valence-electron chi connectivity index (χ1n) is 14.0. The number of carbonyl (C=O) groups is 1. The van der Waals surface area contributed by atoms with Crippen molar-refractivity contribution in [1.29, 1.82) is 5.26 Å². The molecule has 41 heavy (non-hydrogen) atoms. The normalized spacial score (nSPS) is 27.1. The molecule has 1 spiro atoms. The fourth-order valence-electron chi connectivity index (χ4n) is 7.35. The van der Waals surface area contributed by atoms with E-state index in [0.29, 0.717) is 66.8 Å². The Bertz CT molecular complexity index is 1640. The van der Waals surface area contributed by atoms with E-state index in [1.54, 1.807) is 6.33 Å². The van der Waals surface area contributed by atoms with Crippen molar-refractivity contribution in [2.75, 3.05) is 43.4 Å². The zero-order valence-corrected chi connectivity index (χ0v) is 24.1. The number of halogens is 1. The number of nitriles is 1. The molecule has 0 unspecified atom stereocenters. The Morgan fingerprint density at radius 3 is 2.88 bits per heavy atom. The molecule has 4 N–H and O–H groups in total. The molecule has 0 radical (unpaired) electrons.